The van der Waals surface area contributed by atoms with Crippen molar-refractivity contribution in [3.05, 3.63) is 29.3 Å². The van der Waals surface area contributed by atoms with E-state index in [1.165, 1.54) is 17.7 Å². The molecule has 0 saturated carbocycles. The molecule has 2 heterocycles. The fraction of sp³-hybridized carbons (Fsp3) is 0.579. The summed E-state index contributed by atoms with van der Waals surface area (Å²) in [7, 11) is 2.17. The van der Waals surface area contributed by atoms with Gasteiger partial charge in [0.15, 0.2) is 0 Å². The summed E-state index contributed by atoms with van der Waals surface area (Å²) in [6.45, 7) is 5.47. The fourth-order valence-corrected chi connectivity index (χ4v) is 3.26. The van der Waals surface area contributed by atoms with E-state index < -0.39 is 0 Å². The standard InChI is InChI=1S/C19H28N4/c1-14-3-6-19(22-12-14)15-4-5-16(18(20)11-15)13-21-17-7-9-23(2)10-8-17/h4-5,11,13-14,17H,3,6-10,12,20H2,1-2H3/t14-/m0/s1. The predicted octanol–water partition coefficient (Wildman–Crippen LogP) is 3.00. The Kier molecular flexibility index (Phi) is 5.11. The Hall–Kier alpha value is -1.68. The highest BCUT2D eigenvalue weighted by atomic mass is 15.1. The second-order valence-corrected chi connectivity index (χ2v) is 7.09. The van der Waals surface area contributed by atoms with Crippen LogP contribution < -0.4 is 5.73 Å². The maximum atomic E-state index is 6.24. The highest BCUT2D eigenvalue weighted by molar-refractivity contribution is 6.02. The number of benzene rings is 1. The zero-order chi connectivity index (χ0) is 16.2. The van der Waals surface area contributed by atoms with Crippen LogP contribution in [-0.2, 0) is 0 Å². The largest absolute Gasteiger partial charge is 0.398 e. The molecule has 124 valence electrons. The highest BCUT2D eigenvalue weighted by Gasteiger charge is 2.16. The van der Waals surface area contributed by atoms with Crippen LogP contribution in [-0.4, -0.2) is 49.5 Å². The van der Waals surface area contributed by atoms with Gasteiger partial charge in [-0.25, -0.2) is 0 Å². The molecular weight excluding hydrogens is 284 g/mol. The molecule has 1 aromatic rings. The van der Waals surface area contributed by atoms with Crippen LogP contribution in [0, 0.1) is 5.92 Å². The van der Waals surface area contributed by atoms with E-state index in [1.54, 1.807) is 0 Å². The first-order valence-corrected chi connectivity index (χ1v) is 8.77. The van der Waals surface area contributed by atoms with Crippen LogP contribution >= 0.6 is 0 Å². The molecule has 2 N–H and O–H groups in total. The maximum Gasteiger partial charge on any atom is 0.0524 e. The van der Waals surface area contributed by atoms with Crippen molar-refractivity contribution in [3.8, 4) is 0 Å². The number of hydrogen-bond donors (Lipinski definition) is 1. The Balaban J connectivity index is 1.67. The molecule has 0 unspecified atom stereocenters. The quantitative estimate of drug-likeness (QED) is 0.689. The molecule has 23 heavy (non-hydrogen) atoms. The summed E-state index contributed by atoms with van der Waals surface area (Å²) in [6.07, 6.45) is 6.52. The normalized spacial score (nSPS) is 24.1. The lowest BCUT2D eigenvalue weighted by Crippen LogP contribution is -2.32. The van der Waals surface area contributed by atoms with Gasteiger partial charge in [0.2, 0.25) is 0 Å². The number of anilines is 1. The van der Waals surface area contributed by atoms with Crippen molar-refractivity contribution >= 4 is 17.6 Å². The molecule has 1 saturated heterocycles. The average molecular weight is 312 g/mol. The molecule has 0 bridgehead atoms. The van der Waals surface area contributed by atoms with E-state index in [4.69, 9.17) is 15.7 Å². The van der Waals surface area contributed by atoms with E-state index in [9.17, 15) is 0 Å². The minimum atomic E-state index is 0.439. The van der Waals surface area contributed by atoms with Crippen molar-refractivity contribution in [1.82, 2.24) is 4.90 Å². The van der Waals surface area contributed by atoms with Gasteiger partial charge >= 0.3 is 0 Å². The number of aliphatic imine (C=N–C) groups is 2. The summed E-state index contributed by atoms with van der Waals surface area (Å²) in [5.41, 5.74) is 10.4. The second kappa shape index (κ2) is 7.26. The Labute approximate surface area is 139 Å². The number of nitrogens with zero attached hydrogens (tertiary/aromatic N) is 3. The van der Waals surface area contributed by atoms with Crippen molar-refractivity contribution in [2.45, 2.75) is 38.6 Å². The van der Waals surface area contributed by atoms with Crippen molar-refractivity contribution in [3.63, 3.8) is 0 Å². The van der Waals surface area contributed by atoms with Crippen molar-refractivity contribution in [2.75, 3.05) is 32.4 Å². The van der Waals surface area contributed by atoms with Crippen LogP contribution in [0.4, 0.5) is 5.69 Å². The highest BCUT2D eigenvalue weighted by Crippen LogP contribution is 2.21. The molecule has 1 aromatic carbocycles. The summed E-state index contributed by atoms with van der Waals surface area (Å²) in [6, 6.07) is 6.73. The second-order valence-electron chi connectivity index (χ2n) is 7.09. The minimum Gasteiger partial charge on any atom is -0.398 e. The molecule has 0 aromatic heterocycles. The van der Waals surface area contributed by atoms with Gasteiger partial charge in [-0.15, -0.1) is 0 Å². The van der Waals surface area contributed by atoms with Gasteiger partial charge in [0.05, 0.1) is 6.04 Å². The van der Waals surface area contributed by atoms with Crippen LogP contribution in [0.2, 0.25) is 0 Å². The van der Waals surface area contributed by atoms with Crippen LogP contribution in [0.3, 0.4) is 0 Å². The Morgan fingerprint density at radius 2 is 2.04 bits per heavy atom. The molecule has 0 radical (unpaired) electrons. The van der Waals surface area contributed by atoms with E-state index in [2.05, 4.69) is 37.1 Å². The zero-order valence-electron chi connectivity index (χ0n) is 14.3. The van der Waals surface area contributed by atoms with Gasteiger partial charge in [-0.2, -0.15) is 0 Å². The monoisotopic (exact) mass is 312 g/mol. The minimum absolute atomic E-state index is 0.439. The predicted molar refractivity (Wildman–Crippen MR) is 98.8 cm³/mol. The van der Waals surface area contributed by atoms with E-state index in [0.29, 0.717) is 12.0 Å². The molecule has 2 aliphatic heterocycles. The summed E-state index contributed by atoms with van der Waals surface area (Å²) in [5, 5.41) is 0. The number of nitrogen functional groups attached to an aromatic ring is 1. The van der Waals surface area contributed by atoms with Crippen molar-refractivity contribution in [2.24, 2.45) is 15.9 Å². The molecule has 0 amide bonds. The molecule has 4 nitrogen and oxygen atoms in total. The first kappa shape index (κ1) is 16.2. The topological polar surface area (TPSA) is 54.0 Å². The fourth-order valence-electron chi connectivity index (χ4n) is 3.26. The Morgan fingerprint density at radius 1 is 1.26 bits per heavy atom. The summed E-state index contributed by atoms with van der Waals surface area (Å²) in [4.78, 5) is 11.8. The van der Waals surface area contributed by atoms with E-state index >= 15 is 0 Å². The van der Waals surface area contributed by atoms with Gasteiger partial charge in [0, 0.05) is 29.7 Å². The van der Waals surface area contributed by atoms with E-state index in [0.717, 1.165) is 50.1 Å². The lowest BCUT2D eigenvalue weighted by Gasteiger charge is -2.26. The number of hydrogen-bond acceptors (Lipinski definition) is 4. The maximum absolute atomic E-state index is 6.24. The van der Waals surface area contributed by atoms with Gasteiger partial charge in [0.25, 0.3) is 0 Å². The first-order chi connectivity index (χ1) is 11.1. The van der Waals surface area contributed by atoms with Crippen LogP contribution in [0.1, 0.15) is 43.7 Å². The van der Waals surface area contributed by atoms with Gasteiger partial charge < -0.3 is 10.6 Å². The van der Waals surface area contributed by atoms with Gasteiger partial charge in [0.1, 0.15) is 0 Å². The first-order valence-electron chi connectivity index (χ1n) is 8.77. The SMILES string of the molecule is C[C@H]1CCC(c2ccc(C=NC3CCN(C)CC3)c(N)c2)=NC1. The third kappa shape index (κ3) is 4.20. The lowest BCUT2D eigenvalue weighted by molar-refractivity contribution is 0.257. The summed E-state index contributed by atoms with van der Waals surface area (Å²) >= 11 is 0. The molecule has 0 spiro atoms. The molecule has 1 fully saturated rings. The number of rotatable bonds is 3. The third-order valence-electron chi connectivity index (χ3n) is 5.00. The Morgan fingerprint density at radius 3 is 2.70 bits per heavy atom. The number of likely N-dealkylation sites (tertiary alicyclic amines) is 1. The van der Waals surface area contributed by atoms with Gasteiger partial charge in [-0.1, -0.05) is 19.1 Å². The molecular formula is C19H28N4. The van der Waals surface area contributed by atoms with E-state index in [-0.39, 0.29) is 0 Å². The lowest BCUT2D eigenvalue weighted by atomic mass is 9.95. The molecule has 4 heteroatoms. The molecule has 1 atom stereocenters. The summed E-state index contributed by atoms with van der Waals surface area (Å²) < 4.78 is 0. The average Bonchev–Trinajstić information content (AvgIpc) is 2.56. The number of nitrogens with two attached hydrogens (primary N) is 1. The van der Waals surface area contributed by atoms with Crippen LogP contribution in [0.15, 0.2) is 28.2 Å². The van der Waals surface area contributed by atoms with Crippen LogP contribution in [0.25, 0.3) is 0 Å². The van der Waals surface area contributed by atoms with Crippen molar-refractivity contribution in [1.29, 1.82) is 0 Å². The van der Waals surface area contributed by atoms with Crippen LogP contribution in [0.5, 0.6) is 0 Å². The van der Waals surface area contributed by atoms with Gasteiger partial charge in [-0.3, -0.25) is 9.98 Å². The molecule has 3 rings (SSSR count). The number of piperidine rings is 1. The smallest absolute Gasteiger partial charge is 0.0524 e. The summed E-state index contributed by atoms with van der Waals surface area (Å²) in [5.74, 6) is 0.706. The molecule has 0 aliphatic carbocycles. The van der Waals surface area contributed by atoms with Crippen molar-refractivity contribution < 1.29 is 0 Å². The van der Waals surface area contributed by atoms with E-state index in [1.807, 2.05) is 6.21 Å². The third-order valence-corrected chi connectivity index (χ3v) is 5.00. The van der Waals surface area contributed by atoms with Gasteiger partial charge in [-0.05, 0) is 63.4 Å². The molecule has 2 aliphatic rings. The zero-order valence-corrected chi connectivity index (χ0v) is 14.3. The Bertz CT molecular complexity index is 597.